The van der Waals surface area contributed by atoms with E-state index in [0.717, 1.165) is 21.7 Å². The van der Waals surface area contributed by atoms with E-state index in [9.17, 15) is 0 Å². The summed E-state index contributed by atoms with van der Waals surface area (Å²) in [5, 5.41) is 10.3. The number of rotatable bonds is 8. The summed E-state index contributed by atoms with van der Waals surface area (Å²) in [6.45, 7) is 3.14. The lowest BCUT2D eigenvalue weighted by atomic mass is 10.2. The Morgan fingerprint density at radius 3 is 2.67 bits per heavy atom. The van der Waals surface area contributed by atoms with Gasteiger partial charge in [-0.05, 0) is 48.2 Å². The molecule has 0 atom stereocenters. The number of aliphatic hydroxyl groups excluding tert-OH is 1. The Bertz CT molecular complexity index is 658. The molecule has 128 valence electrons. The zero-order valence-corrected chi connectivity index (χ0v) is 14.5. The zero-order valence-electron chi connectivity index (χ0n) is 13.6. The molecule has 0 aliphatic heterocycles. The summed E-state index contributed by atoms with van der Waals surface area (Å²) in [7, 11) is 0. The molecule has 0 unspecified atom stereocenters. The number of aromatic nitrogens is 1. The van der Waals surface area contributed by atoms with Gasteiger partial charge in [0.2, 0.25) is 0 Å². The molecule has 2 rings (SSSR count). The molecule has 0 fully saturated rings. The number of nitrogens with zero attached hydrogens (tertiary/aromatic N) is 2. The Hall–Kier alpha value is -2.06. The van der Waals surface area contributed by atoms with Gasteiger partial charge < -0.3 is 15.8 Å². The molecule has 0 spiro atoms. The van der Waals surface area contributed by atoms with Crippen LogP contribution in [0.3, 0.4) is 0 Å². The molecule has 0 aliphatic rings. The van der Waals surface area contributed by atoms with E-state index in [2.05, 4.69) is 9.71 Å². The van der Waals surface area contributed by atoms with Crippen LogP contribution in [0.5, 0.6) is 0 Å². The molecule has 0 saturated heterocycles. The predicted octanol–water partition coefficient (Wildman–Crippen LogP) is 1.61. The average Bonchev–Trinajstić information content (AvgIpc) is 2.58. The molecule has 6 nitrogen and oxygen atoms in total. The fourth-order valence-corrected chi connectivity index (χ4v) is 2.61. The predicted molar refractivity (Wildman–Crippen MR) is 98.3 cm³/mol. The topological polar surface area (TPSA) is 100 Å². The Balaban J connectivity index is 1.94. The highest BCUT2D eigenvalue weighted by molar-refractivity contribution is 7.97. The molecule has 0 radical (unpaired) electrons. The van der Waals surface area contributed by atoms with Gasteiger partial charge in [0.15, 0.2) is 0 Å². The zero-order chi connectivity index (χ0) is 17.4. The molecule has 1 heterocycles. The molecular formula is C17H23N5OS. The molecular weight excluding hydrogens is 322 g/mol. The van der Waals surface area contributed by atoms with Crippen molar-refractivity contribution in [2.24, 2.45) is 11.6 Å². The van der Waals surface area contributed by atoms with Gasteiger partial charge in [-0.1, -0.05) is 18.2 Å². The SMILES string of the molecule is Cc1ccc(CN(N)/C=C(\N)c2ccc(SNCCO)cc2)nc1. The number of aliphatic hydroxyl groups is 1. The summed E-state index contributed by atoms with van der Waals surface area (Å²) >= 11 is 1.47. The summed E-state index contributed by atoms with van der Waals surface area (Å²) in [6.07, 6.45) is 3.52. The van der Waals surface area contributed by atoms with E-state index in [-0.39, 0.29) is 6.61 Å². The molecule has 0 saturated carbocycles. The molecule has 7 heteroatoms. The summed E-state index contributed by atoms with van der Waals surface area (Å²) in [4.78, 5) is 5.38. The van der Waals surface area contributed by atoms with E-state index in [0.29, 0.717) is 18.8 Å². The summed E-state index contributed by atoms with van der Waals surface area (Å²) < 4.78 is 3.05. The van der Waals surface area contributed by atoms with Crippen molar-refractivity contribution in [1.29, 1.82) is 0 Å². The van der Waals surface area contributed by atoms with Crippen LogP contribution in [-0.4, -0.2) is 28.3 Å². The normalized spacial score (nSPS) is 11.5. The van der Waals surface area contributed by atoms with Gasteiger partial charge in [-0.25, -0.2) is 5.84 Å². The Kier molecular flexibility index (Phi) is 7.07. The van der Waals surface area contributed by atoms with Crippen molar-refractivity contribution < 1.29 is 5.11 Å². The van der Waals surface area contributed by atoms with Crippen LogP contribution in [0.15, 0.2) is 53.7 Å². The third kappa shape index (κ3) is 5.86. The molecule has 0 aliphatic carbocycles. The van der Waals surface area contributed by atoms with E-state index < -0.39 is 0 Å². The van der Waals surface area contributed by atoms with Crippen LogP contribution in [0, 0.1) is 6.92 Å². The summed E-state index contributed by atoms with van der Waals surface area (Å²) in [5.74, 6) is 5.99. The maximum Gasteiger partial charge on any atom is 0.0758 e. The van der Waals surface area contributed by atoms with Crippen LogP contribution >= 0.6 is 11.9 Å². The minimum Gasteiger partial charge on any atom is -0.397 e. The van der Waals surface area contributed by atoms with Crippen LogP contribution < -0.4 is 16.3 Å². The Morgan fingerprint density at radius 2 is 2.04 bits per heavy atom. The van der Waals surface area contributed by atoms with Gasteiger partial charge >= 0.3 is 0 Å². The number of hydrogen-bond acceptors (Lipinski definition) is 7. The first-order valence-electron chi connectivity index (χ1n) is 7.59. The molecule has 24 heavy (non-hydrogen) atoms. The van der Waals surface area contributed by atoms with E-state index in [1.165, 1.54) is 17.0 Å². The van der Waals surface area contributed by atoms with Crippen molar-refractivity contribution in [3.8, 4) is 0 Å². The third-order valence-electron chi connectivity index (χ3n) is 3.21. The second-order valence-corrected chi connectivity index (χ2v) is 6.29. The average molecular weight is 345 g/mol. The number of nitrogens with one attached hydrogen (secondary N) is 1. The maximum absolute atomic E-state index is 8.74. The minimum atomic E-state index is 0.114. The first-order chi connectivity index (χ1) is 11.6. The van der Waals surface area contributed by atoms with Crippen molar-refractivity contribution in [1.82, 2.24) is 14.7 Å². The first kappa shape index (κ1) is 18.3. The van der Waals surface area contributed by atoms with E-state index in [1.54, 1.807) is 6.20 Å². The molecule has 1 aromatic carbocycles. The van der Waals surface area contributed by atoms with Crippen molar-refractivity contribution >= 4 is 17.6 Å². The van der Waals surface area contributed by atoms with E-state index >= 15 is 0 Å². The van der Waals surface area contributed by atoms with Gasteiger partial charge in [-0.3, -0.25) is 9.71 Å². The highest BCUT2D eigenvalue weighted by Crippen LogP contribution is 2.18. The van der Waals surface area contributed by atoms with Crippen LogP contribution in [0.2, 0.25) is 0 Å². The number of nitrogens with two attached hydrogens (primary N) is 2. The fraction of sp³-hybridized carbons (Fsp3) is 0.235. The Labute approximate surface area is 146 Å². The fourth-order valence-electron chi connectivity index (χ4n) is 1.97. The van der Waals surface area contributed by atoms with E-state index in [1.807, 2.05) is 49.5 Å². The second-order valence-electron chi connectivity index (χ2n) is 5.33. The number of benzene rings is 1. The molecule has 2 aromatic rings. The lowest BCUT2D eigenvalue weighted by Gasteiger charge is -2.15. The van der Waals surface area contributed by atoms with Crippen molar-refractivity contribution in [2.75, 3.05) is 13.2 Å². The Morgan fingerprint density at radius 1 is 1.29 bits per heavy atom. The summed E-state index contributed by atoms with van der Waals surface area (Å²) in [6, 6.07) is 11.8. The van der Waals surface area contributed by atoms with Gasteiger partial charge in [0.25, 0.3) is 0 Å². The molecule has 1 aromatic heterocycles. The van der Waals surface area contributed by atoms with Crippen LogP contribution in [-0.2, 0) is 6.54 Å². The second kappa shape index (κ2) is 9.29. The number of hydrogen-bond donors (Lipinski definition) is 4. The lowest BCUT2D eigenvalue weighted by Crippen LogP contribution is -2.26. The molecule has 0 bridgehead atoms. The smallest absolute Gasteiger partial charge is 0.0758 e. The number of hydrazine groups is 1. The maximum atomic E-state index is 8.74. The standard InChI is InChI=1S/C17H23N5OS/c1-13-2-5-15(20-10-13)11-22(19)12-17(18)14-3-6-16(7-4-14)24-21-8-9-23/h2-7,10,12,21,23H,8-9,11,18-19H2,1H3/b17-12-. The van der Waals surface area contributed by atoms with Crippen molar-refractivity contribution in [3.63, 3.8) is 0 Å². The molecule has 0 amide bonds. The van der Waals surface area contributed by atoms with Gasteiger partial charge in [-0.2, -0.15) is 0 Å². The van der Waals surface area contributed by atoms with Gasteiger partial charge in [0.1, 0.15) is 0 Å². The highest BCUT2D eigenvalue weighted by atomic mass is 32.2. The largest absolute Gasteiger partial charge is 0.397 e. The first-order valence-corrected chi connectivity index (χ1v) is 8.41. The lowest BCUT2D eigenvalue weighted by molar-refractivity contribution is 0.302. The number of pyridine rings is 1. The highest BCUT2D eigenvalue weighted by Gasteiger charge is 2.02. The van der Waals surface area contributed by atoms with Crippen molar-refractivity contribution in [2.45, 2.75) is 18.4 Å². The van der Waals surface area contributed by atoms with Gasteiger partial charge in [-0.15, -0.1) is 0 Å². The van der Waals surface area contributed by atoms with Crippen LogP contribution in [0.1, 0.15) is 16.8 Å². The number of aryl methyl sites for hydroxylation is 1. The van der Waals surface area contributed by atoms with Crippen LogP contribution in [0.4, 0.5) is 0 Å². The minimum absolute atomic E-state index is 0.114. The monoisotopic (exact) mass is 345 g/mol. The molecule has 6 N–H and O–H groups in total. The quantitative estimate of drug-likeness (QED) is 0.250. The summed E-state index contributed by atoms with van der Waals surface area (Å²) in [5.41, 5.74) is 9.59. The van der Waals surface area contributed by atoms with Gasteiger partial charge in [0.05, 0.1) is 24.5 Å². The van der Waals surface area contributed by atoms with Gasteiger partial charge in [0, 0.05) is 23.8 Å². The third-order valence-corrected chi connectivity index (χ3v) is 4.07. The van der Waals surface area contributed by atoms with Crippen LogP contribution in [0.25, 0.3) is 5.70 Å². The van der Waals surface area contributed by atoms with E-state index in [4.69, 9.17) is 16.7 Å². The van der Waals surface area contributed by atoms with Crippen molar-refractivity contribution in [3.05, 3.63) is 65.6 Å².